The third kappa shape index (κ3) is 5.33. The molecule has 2 N–H and O–H groups in total. The first-order chi connectivity index (χ1) is 11.1. The van der Waals surface area contributed by atoms with Crippen molar-refractivity contribution in [3.63, 3.8) is 0 Å². The molecule has 0 saturated carbocycles. The van der Waals surface area contributed by atoms with Crippen LogP contribution in [-0.2, 0) is 27.5 Å². The van der Waals surface area contributed by atoms with Crippen molar-refractivity contribution in [2.45, 2.75) is 39.0 Å². The zero-order valence-electron chi connectivity index (χ0n) is 13.5. The summed E-state index contributed by atoms with van der Waals surface area (Å²) in [5.41, 5.74) is 2.11. The van der Waals surface area contributed by atoms with Crippen molar-refractivity contribution in [3.05, 3.63) is 35.4 Å². The van der Waals surface area contributed by atoms with Gasteiger partial charge in [-0.05, 0) is 37.4 Å². The summed E-state index contributed by atoms with van der Waals surface area (Å²) in [5.74, 6) is -0.989. The number of likely N-dealkylation sites (tertiary alicyclic amines) is 1. The van der Waals surface area contributed by atoms with Crippen LogP contribution in [0.1, 0.15) is 30.9 Å². The minimum atomic E-state index is -0.847. The van der Waals surface area contributed by atoms with Crippen LogP contribution < -0.4 is 5.32 Å². The van der Waals surface area contributed by atoms with Crippen molar-refractivity contribution in [2.75, 3.05) is 19.7 Å². The summed E-state index contributed by atoms with van der Waals surface area (Å²) in [4.78, 5) is 24.8. The molecule has 1 aliphatic heterocycles. The number of amides is 1. The second-order valence-corrected chi connectivity index (χ2v) is 5.70. The van der Waals surface area contributed by atoms with E-state index < -0.39 is 12.0 Å². The Balaban J connectivity index is 1.76. The lowest BCUT2D eigenvalue weighted by Crippen LogP contribution is -2.42. The fraction of sp³-hybridized carbons (Fsp3) is 0.529. The highest BCUT2D eigenvalue weighted by Gasteiger charge is 2.31. The Labute approximate surface area is 136 Å². The van der Waals surface area contributed by atoms with E-state index in [1.54, 1.807) is 4.90 Å². The molecular weight excluding hydrogens is 296 g/mol. The molecule has 0 radical (unpaired) electrons. The highest BCUT2D eigenvalue weighted by molar-refractivity contribution is 5.80. The van der Waals surface area contributed by atoms with Gasteiger partial charge in [0.2, 0.25) is 5.91 Å². The van der Waals surface area contributed by atoms with Crippen molar-refractivity contribution in [1.29, 1.82) is 0 Å². The highest BCUT2D eigenvalue weighted by atomic mass is 16.5. The number of nitrogens with one attached hydrogen (secondary N) is 1. The monoisotopic (exact) mass is 320 g/mol. The number of aliphatic carboxylic acids is 1. The molecule has 1 heterocycles. The molecule has 6 heteroatoms. The zero-order valence-corrected chi connectivity index (χ0v) is 13.5. The minimum Gasteiger partial charge on any atom is -0.480 e. The Bertz CT molecular complexity index is 530. The van der Waals surface area contributed by atoms with Crippen molar-refractivity contribution in [1.82, 2.24) is 10.2 Å². The molecule has 1 aromatic rings. The molecule has 1 aliphatic rings. The van der Waals surface area contributed by atoms with Crippen molar-refractivity contribution in [2.24, 2.45) is 0 Å². The summed E-state index contributed by atoms with van der Waals surface area (Å²) in [5, 5.41) is 12.0. The second-order valence-electron chi connectivity index (χ2n) is 5.70. The van der Waals surface area contributed by atoms with E-state index in [0.717, 1.165) is 17.5 Å². The van der Waals surface area contributed by atoms with Gasteiger partial charge in [-0.25, -0.2) is 0 Å². The van der Waals surface area contributed by atoms with Gasteiger partial charge in [0, 0.05) is 13.2 Å². The normalized spacial score (nSPS) is 18.0. The minimum absolute atomic E-state index is 0.138. The number of rotatable bonds is 8. The molecule has 0 bridgehead atoms. The first kappa shape index (κ1) is 17.4. The lowest BCUT2D eigenvalue weighted by atomic mass is 10.1. The average molecular weight is 320 g/mol. The lowest BCUT2D eigenvalue weighted by Gasteiger charge is -2.20. The van der Waals surface area contributed by atoms with Crippen LogP contribution in [0, 0.1) is 0 Å². The number of ether oxygens (including phenoxy) is 1. The molecule has 126 valence electrons. The van der Waals surface area contributed by atoms with Crippen LogP contribution in [0.25, 0.3) is 0 Å². The Kier molecular flexibility index (Phi) is 6.55. The molecule has 0 aliphatic carbocycles. The predicted octanol–water partition coefficient (Wildman–Crippen LogP) is 1.39. The van der Waals surface area contributed by atoms with Crippen molar-refractivity contribution < 1.29 is 19.4 Å². The molecule has 2 rings (SSSR count). The number of hydrogen-bond donors (Lipinski definition) is 2. The molecule has 1 unspecified atom stereocenters. The summed E-state index contributed by atoms with van der Waals surface area (Å²) in [6.45, 7) is 4.48. The molecule has 6 nitrogen and oxygen atoms in total. The summed E-state index contributed by atoms with van der Waals surface area (Å²) in [6, 6.07) is 7.37. The molecule has 0 aromatic heterocycles. The quantitative estimate of drug-likeness (QED) is 0.757. The molecule has 1 amide bonds. The van der Waals surface area contributed by atoms with Crippen LogP contribution in [0.5, 0.6) is 0 Å². The Hall–Kier alpha value is -1.92. The van der Waals surface area contributed by atoms with Crippen LogP contribution in [0.2, 0.25) is 0 Å². The van der Waals surface area contributed by atoms with Gasteiger partial charge >= 0.3 is 5.97 Å². The smallest absolute Gasteiger partial charge is 0.320 e. The summed E-state index contributed by atoms with van der Waals surface area (Å²) >= 11 is 0. The molecule has 23 heavy (non-hydrogen) atoms. The number of hydrogen-bond acceptors (Lipinski definition) is 4. The Morgan fingerprint density at radius 1 is 1.30 bits per heavy atom. The number of nitrogens with zero attached hydrogens (tertiary/aromatic N) is 1. The number of benzene rings is 1. The second kappa shape index (κ2) is 8.64. The molecule has 1 aromatic carbocycles. The number of carboxylic acid groups (broad SMARTS) is 1. The van der Waals surface area contributed by atoms with Gasteiger partial charge in [0.05, 0.1) is 13.2 Å². The van der Waals surface area contributed by atoms with E-state index in [1.165, 1.54) is 0 Å². The summed E-state index contributed by atoms with van der Waals surface area (Å²) < 4.78 is 5.34. The fourth-order valence-electron chi connectivity index (χ4n) is 2.71. The largest absolute Gasteiger partial charge is 0.480 e. The van der Waals surface area contributed by atoms with E-state index in [-0.39, 0.29) is 12.5 Å². The van der Waals surface area contributed by atoms with Gasteiger partial charge in [-0.2, -0.15) is 0 Å². The molecule has 1 saturated heterocycles. The summed E-state index contributed by atoms with van der Waals surface area (Å²) in [6.07, 6.45) is 1.44. The van der Waals surface area contributed by atoms with Crippen molar-refractivity contribution >= 4 is 11.9 Å². The van der Waals surface area contributed by atoms with Gasteiger partial charge < -0.3 is 15.2 Å². The number of carbonyl (C=O) groups excluding carboxylic acids is 1. The van der Waals surface area contributed by atoms with E-state index in [0.29, 0.717) is 32.7 Å². The third-order valence-electron chi connectivity index (χ3n) is 3.98. The number of carbonyl (C=O) groups is 2. The van der Waals surface area contributed by atoms with Gasteiger partial charge in [-0.3, -0.25) is 14.5 Å². The van der Waals surface area contributed by atoms with Gasteiger partial charge in [0.1, 0.15) is 6.04 Å². The van der Waals surface area contributed by atoms with E-state index in [9.17, 15) is 9.59 Å². The standard InChI is InChI=1S/C17H24N2O4/c1-2-23-12-14-7-5-13(6-8-14)10-18-16(20)11-19-9-3-4-15(19)17(21)22/h5-8,15H,2-4,9-12H2,1H3,(H,18,20)(H,21,22). The van der Waals surface area contributed by atoms with Gasteiger partial charge in [-0.1, -0.05) is 24.3 Å². The van der Waals surface area contributed by atoms with Crippen LogP contribution in [-0.4, -0.2) is 47.6 Å². The van der Waals surface area contributed by atoms with Crippen molar-refractivity contribution in [3.8, 4) is 0 Å². The maximum atomic E-state index is 12.0. The topological polar surface area (TPSA) is 78.9 Å². The van der Waals surface area contributed by atoms with Gasteiger partial charge in [-0.15, -0.1) is 0 Å². The Morgan fingerprint density at radius 3 is 2.65 bits per heavy atom. The first-order valence-electron chi connectivity index (χ1n) is 7.99. The summed E-state index contributed by atoms with van der Waals surface area (Å²) in [7, 11) is 0. The van der Waals surface area contributed by atoms with Crippen LogP contribution >= 0.6 is 0 Å². The zero-order chi connectivity index (χ0) is 16.7. The van der Waals surface area contributed by atoms with Gasteiger partial charge in [0.15, 0.2) is 0 Å². The van der Waals surface area contributed by atoms with Crippen LogP contribution in [0.4, 0.5) is 0 Å². The van der Waals surface area contributed by atoms with Gasteiger partial charge in [0.25, 0.3) is 0 Å². The lowest BCUT2D eigenvalue weighted by molar-refractivity contribution is -0.142. The number of carboxylic acids is 1. The molecule has 0 spiro atoms. The van der Waals surface area contributed by atoms with E-state index in [1.807, 2.05) is 31.2 Å². The average Bonchev–Trinajstić information content (AvgIpc) is 3.00. The molecular formula is C17H24N2O4. The van der Waals surface area contributed by atoms with E-state index in [4.69, 9.17) is 9.84 Å². The highest BCUT2D eigenvalue weighted by Crippen LogP contribution is 2.16. The maximum absolute atomic E-state index is 12.0. The molecule has 1 atom stereocenters. The van der Waals surface area contributed by atoms with Crippen LogP contribution in [0.3, 0.4) is 0 Å². The third-order valence-corrected chi connectivity index (χ3v) is 3.98. The SMILES string of the molecule is CCOCc1ccc(CNC(=O)CN2CCCC2C(=O)O)cc1. The van der Waals surface area contributed by atoms with Crippen LogP contribution in [0.15, 0.2) is 24.3 Å². The maximum Gasteiger partial charge on any atom is 0.320 e. The fourth-order valence-corrected chi connectivity index (χ4v) is 2.71. The molecule has 1 fully saturated rings. The first-order valence-corrected chi connectivity index (χ1v) is 7.99. The predicted molar refractivity (Wildman–Crippen MR) is 85.8 cm³/mol. The Morgan fingerprint density at radius 2 is 2.00 bits per heavy atom. The van der Waals surface area contributed by atoms with E-state index >= 15 is 0 Å². The van der Waals surface area contributed by atoms with E-state index in [2.05, 4.69) is 5.32 Å².